The van der Waals surface area contributed by atoms with Crippen molar-refractivity contribution in [3.8, 4) is 11.5 Å². The van der Waals surface area contributed by atoms with Crippen molar-refractivity contribution >= 4 is 28.8 Å². The number of hydrogen-bond donors (Lipinski definition) is 0. The highest BCUT2D eigenvalue weighted by molar-refractivity contribution is 6.45. The fourth-order valence-electron chi connectivity index (χ4n) is 4.43. The average molecular weight is 450 g/mol. The van der Waals surface area contributed by atoms with E-state index in [-0.39, 0.29) is 11.8 Å². The van der Waals surface area contributed by atoms with E-state index in [1.807, 2.05) is 49.3 Å². The summed E-state index contributed by atoms with van der Waals surface area (Å²) in [6.07, 6.45) is 1.98. The van der Waals surface area contributed by atoms with Crippen LogP contribution in [0.5, 0.6) is 11.5 Å². The zero-order valence-corrected chi connectivity index (χ0v) is 19.9. The number of anilines is 2. The Morgan fingerprint density at radius 1 is 0.879 bits per heavy atom. The van der Waals surface area contributed by atoms with Gasteiger partial charge in [0.25, 0.3) is 11.8 Å². The molecule has 4 rings (SSSR count). The third-order valence-corrected chi connectivity index (χ3v) is 6.46. The minimum absolute atomic E-state index is 0.281. The molecule has 2 heterocycles. The normalized spacial score (nSPS) is 17.1. The fourth-order valence-corrected chi connectivity index (χ4v) is 4.43. The Morgan fingerprint density at radius 2 is 1.52 bits per heavy atom. The van der Waals surface area contributed by atoms with Crippen molar-refractivity contribution in [3.63, 3.8) is 0 Å². The van der Waals surface area contributed by atoms with Crippen LogP contribution < -0.4 is 19.3 Å². The molecule has 2 aromatic rings. The van der Waals surface area contributed by atoms with Crippen LogP contribution in [0.3, 0.4) is 0 Å². The number of likely N-dealkylation sites (tertiary alicyclic amines) is 1. The van der Waals surface area contributed by atoms with Gasteiger partial charge < -0.3 is 19.3 Å². The van der Waals surface area contributed by atoms with Crippen LogP contribution in [-0.2, 0) is 9.59 Å². The summed E-state index contributed by atoms with van der Waals surface area (Å²) in [6, 6.07) is 12.8. The van der Waals surface area contributed by atoms with Crippen molar-refractivity contribution in [3.05, 3.63) is 53.7 Å². The van der Waals surface area contributed by atoms with E-state index in [0.717, 1.165) is 31.6 Å². The quantitative estimate of drug-likeness (QED) is 0.626. The number of benzene rings is 2. The highest BCUT2D eigenvalue weighted by atomic mass is 16.5. The smallest absolute Gasteiger partial charge is 0.282 e. The molecule has 0 unspecified atom stereocenters. The number of piperidine rings is 1. The maximum absolute atomic E-state index is 13.7. The number of amides is 2. The second kappa shape index (κ2) is 9.17. The molecule has 2 aromatic carbocycles. The van der Waals surface area contributed by atoms with E-state index in [1.54, 1.807) is 26.4 Å². The van der Waals surface area contributed by atoms with Gasteiger partial charge in [-0.25, -0.2) is 4.90 Å². The lowest BCUT2D eigenvalue weighted by molar-refractivity contribution is -0.120. The van der Waals surface area contributed by atoms with Crippen LogP contribution in [0, 0.1) is 5.92 Å². The number of nitrogens with zero attached hydrogens (tertiary/aromatic N) is 3. The number of carbonyl (C=O) groups is 2. The van der Waals surface area contributed by atoms with Gasteiger partial charge in [-0.05, 0) is 60.7 Å². The van der Waals surface area contributed by atoms with Crippen LogP contribution in [0.25, 0.3) is 5.57 Å². The van der Waals surface area contributed by atoms with Gasteiger partial charge >= 0.3 is 0 Å². The van der Waals surface area contributed by atoms with Crippen molar-refractivity contribution in [2.45, 2.75) is 19.8 Å². The minimum Gasteiger partial charge on any atom is -0.493 e. The molecule has 0 aromatic heterocycles. The Hall–Kier alpha value is -3.48. The second-order valence-corrected chi connectivity index (χ2v) is 8.82. The molecule has 0 atom stereocenters. The molecule has 2 aliphatic heterocycles. The Kier molecular flexibility index (Phi) is 6.31. The summed E-state index contributed by atoms with van der Waals surface area (Å²) in [5.74, 6) is 1.09. The van der Waals surface area contributed by atoms with Gasteiger partial charge in [0, 0.05) is 32.9 Å². The molecular weight excluding hydrogens is 418 g/mol. The van der Waals surface area contributed by atoms with Crippen LogP contribution in [-0.4, -0.2) is 58.1 Å². The zero-order valence-electron chi connectivity index (χ0n) is 19.9. The molecule has 0 spiro atoms. The van der Waals surface area contributed by atoms with Crippen molar-refractivity contribution in [2.24, 2.45) is 5.92 Å². The Balaban J connectivity index is 1.80. The lowest BCUT2D eigenvalue weighted by atomic mass is 9.97. The summed E-state index contributed by atoms with van der Waals surface area (Å²) in [5, 5.41) is 0. The van der Waals surface area contributed by atoms with Gasteiger partial charge in [-0.1, -0.05) is 13.0 Å². The van der Waals surface area contributed by atoms with E-state index in [0.29, 0.717) is 39.9 Å². The molecular formula is C26H31N3O4. The molecule has 0 bridgehead atoms. The summed E-state index contributed by atoms with van der Waals surface area (Å²) in [6.45, 7) is 3.72. The van der Waals surface area contributed by atoms with Crippen LogP contribution in [0.1, 0.15) is 25.3 Å². The van der Waals surface area contributed by atoms with Gasteiger partial charge in [-0.3, -0.25) is 9.59 Å². The number of carbonyl (C=O) groups excluding carboxylic acids is 2. The van der Waals surface area contributed by atoms with Gasteiger partial charge in [0.1, 0.15) is 5.70 Å². The summed E-state index contributed by atoms with van der Waals surface area (Å²) in [5.41, 5.74) is 3.08. The van der Waals surface area contributed by atoms with Crippen molar-refractivity contribution < 1.29 is 19.1 Å². The third-order valence-electron chi connectivity index (χ3n) is 6.46. The number of rotatable bonds is 6. The first-order valence-corrected chi connectivity index (χ1v) is 11.2. The maximum Gasteiger partial charge on any atom is 0.282 e. The summed E-state index contributed by atoms with van der Waals surface area (Å²) in [4.78, 5) is 32.8. The predicted octanol–water partition coefficient (Wildman–Crippen LogP) is 3.79. The fraction of sp³-hybridized carbons (Fsp3) is 0.385. The summed E-state index contributed by atoms with van der Waals surface area (Å²) < 4.78 is 10.8. The number of methoxy groups -OCH3 is 2. The molecule has 33 heavy (non-hydrogen) atoms. The van der Waals surface area contributed by atoms with Crippen LogP contribution in [0.2, 0.25) is 0 Å². The van der Waals surface area contributed by atoms with E-state index in [9.17, 15) is 9.59 Å². The molecule has 2 amide bonds. The maximum atomic E-state index is 13.7. The molecule has 0 N–H and O–H groups in total. The van der Waals surface area contributed by atoms with E-state index < -0.39 is 0 Å². The molecule has 174 valence electrons. The zero-order chi connectivity index (χ0) is 23.7. The largest absolute Gasteiger partial charge is 0.493 e. The van der Waals surface area contributed by atoms with E-state index >= 15 is 0 Å². The third kappa shape index (κ3) is 4.15. The van der Waals surface area contributed by atoms with Crippen molar-refractivity contribution in [2.75, 3.05) is 51.2 Å². The Morgan fingerprint density at radius 3 is 2.09 bits per heavy atom. The van der Waals surface area contributed by atoms with Gasteiger partial charge in [-0.15, -0.1) is 0 Å². The first-order chi connectivity index (χ1) is 15.8. The van der Waals surface area contributed by atoms with Gasteiger partial charge in [0.2, 0.25) is 0 Å². The predicted molar refractivity (Wildman–Crippen MR) is 130 cm³/mol. The van der Waals surface area contributed by atoms with Gasteiger partial charge in [0.15, 0.2) is 11.5 Å². The summed E-state index contributed by atoms with van der Waals surface area (Å²) >= 11 is 0. The molecule has 7 heteroatoms. The summed E-state index contributed by atoms with van der Waals surface area (Å²) in [7, 11) is 7.03. The topological polar surface area (TPSA) is 62.3 Å². The van der Waals surface area contributed by atoms with Gasteiger partial charge in [-0.2, -0.15) is 0 Å². The first kappa shape index (κ1) is 22.7. The second-order valence-electron chi connectivity index (χ2n) is 8.82. The molecule has 7 nitrogen and oxygen atoms in total. The number of ether oxygens (including phenoxy) is 2. The minimum atomic E-state index is -0.321. The molecule has 1 saturated heterocycles. The number of hydrogen-bond acceptors (Lipinski definition) is 6. The van der Waals surface area contributed by atoms with Crippen LogP contribution >= 0.6 is 0 Å². The first-order valence-electron chi connectivity index (χ1n) is 11.2. The lowest BCUT2D eigenvalue weighted by Gasteiger charge is -2.32. The Bertz CT molecular complexity index is 1080. The van der Waals surface area contributed by atoms with E-state index in [4.69, 9.17) is 9.47 Å². The van der Waals surface area contributed by atoms with Crippen molar-refractivity contribution in [1.82, 2.24) is 4.90 Å². The number of imide groups is 1. The molecule has 2 aliphatic rings. The monoisotopic (exact) mass is 449 g/mol. The molecule has 0 saturated carbocycles. The Labute approximate surface area is 195 Å². The van der Waals surface area contributed by atoms with Crippen LogP contribution in [0.4, 0.5) is 11.4 Å². The molecule has 1 fully saturated rings. The van der Waals surface area contributed by atoms with E-state index in [1.165, 1.54) is 4.90 Å². The highest BCUT2D eigenvalue weighted by Crippen LogP contribution is 2.39. The van der Waals surface area contributed by atoms with Gasteiger partial charge in [0.05, 0.1) is 25.5 Å². The van der Waals surface area contributed by atoms with E-state index in [2.05, 4.69) is 11.8 Å². The standard InChI is InChI=1S/C26H31N3O4/c1-17-12-14-28(15-13-17)24-23(18-6-11-21(32-4)22(16-18)33-5)25(30)29(26(24)31)20-9-7-19(8-10-20)27(2)3/h6-11,16-17H,12-15H2,1-5H3. The average Bonchev–Trinajstić information content (AvgIpc) is 3.09. The van der Waals surface area contributed by atoms with Crippen LogP contribution in [0.15, 0.2) is 48.2 Å². The lowest BCUT2D eigenvalue weighted by Crippen LogP contribution is -2.38. The molecule has 0 aliphatic carbocycles. The SMILES string of the molecule is COc1ccc(C2=C(N3CCC(C)CC3)C(=O)N(c3ccc(N(C)C)cc3)C2=O)cc1OC. The molecule has 0 radical (unpaired) electrons. The highest BCUT2D eigenvalue weighted by Gasteiger charge is 2.43. The van der Waals surface area contributed by atoms with Crippen molar-refractivity contribution in [1.29, 1.82) is 0 Å².